The molecule has 1 amide bonds. The van der Waals surface area contributed by atoms with Gasteiger partial charge in [-0.3, -0.25) is 4.79 Å². The molecule has 21 heavy (non-hydrogen) atoms. The van der Waals surface area contributed by atoms with E-state index in [1.165, 1.54) is 0 Å². The molecular weight excluding hydrogens is 268 g/mol. The Balaban J connectivity index is 2.29. The molecule has 0 heterocycles. The molecule has 0 radical (unpaired) electrons. The average Bonchev–Trinajstić information content (AvgIpc) is 2.50. The maximum absolute atomic E-state index is 11.6. The average molecular weight is 294 g/mol. The van der Waals surface area contributed by atoms with Gasteiger partial charge in [0.25, 0.3) is 5.91 Å². The minimum Gasteiger partial charge on any atom is -0.484 e. The van der Waals surface area contributed by atoms with Crippen molar-refractivity contribution in [2.75, 3.05) is 33.4 Å². The van der Waals surface area contributed by atoms with Gasteiger partial charge in [-0.2, -0.15) is 0 Å². The standard InChI is InChI=1S/C16H26N2O3/c1-3-4-8-18-16(19)13-21-15-7-5-6-14(11-15)12-17-9-10-20-2/h5-7,11,17H,3-4,8-10,12-13H2,1-2H3,(H,18,19). The normalized spacial score (nSPS) is 10.4. The van der Waals surface area contributed by atoms with Crippen LogP contribution in [-0.2, 0) is 16.1 Å². The summed E-state index contributed by atoms with van der Waals surface area (Å²) in [6.45, 7) is 5.11. The van der Waals surface area contributed by atoms with E-state index in [4.69, 9.17) is 9.47 Å². The van der Waals surface area contributed by atoms with E-state index < -0.39 is 0 Å². The van der Waals surface area contributed by atoms with Crippen molar-refractivity contribution in [2.45, 2.75) is 26.3 Å². The van der Waals surface area contributed by atoms with Gasteiger partial charge in [-0.1, -0.05) is 25.5 Å². The Bertz CT molecular complexity index is 410. The molecule has 5 heteroatoms. The Morgan fingerprint density at radius 2 is 2.14 bits per heavy atom. The minimum atomic E-state index is -0.0768. The van der Waals surface area contributed by atoms with Gasteiger partial charge in [0.1, 0.15) is 5.75 Å². The van der Waals surface area contributed by atoms with Crippen molar-refractivity contribution in [1.82, 2.24) is 10.6 Å². The fraction of sp³-hybridized carbons (Fsp3) is 0.562. The molecule has 1 aromatic carbocycles. The first-order valence-electron chi connectivity index (χ1n) is 7.44. The predicted molar refractivity (Wildman–Crippen MR) is 83.4 cm³/mol. The van der Waals surface area contributed by atoms with Gasteiger partial charge in [0.15, 0.2) is 6.61 Å². The Morgan fingerprint density at radius 1 is 1.29 bits per heavy atom. The molecule has 118 valence electrons. The largest absolute Gasteiger partial charge is 0.484 e. The van der Waals surface area contributed by atoms with Crippen molar-refractivity contribution in [3.05, 3.63) is 29.8 Å². The number of ether oxygens (including phenoxy) is 2. The number of benzene rings is 1. The number of nitrogens with one attached hydrogen (secondary N) is 2. The van der Waals surface area contributed by atoms with Gasteiger partial charge in [0.2, 0.25) is 0 Å². The zero-order valence-electron chi connectivity index (χ0n) is 13.0. The third-order valence-electron chi connectivity index (χ3n) is 2.93. The third kappa shape index (κ3) is 8.32. The van der Waals surface area contributed by atoms with Crippen LogP contribution in [0.15, 0.2) is 24.3 Å². The zero-order valence-corrected chi connectivity index (χ0v) is 13.0. The smallest absolute Gasteiger partial charge is 0.257 e. The van der Waals surface area contributed by atoms with Crippen LogP contribution < -0.4 is 15.4 Å². The van der Waals surface area contributed by atoms with Crippen LogP contribution in [0.1, 0.15) is 25.3 Å². The van der Waals surface area contributed by atoms with Crippen molar-refractivity contribution >= 4 is 5.91 Å². The second-order valence-electron chi connectivity index (χ2n) is 4.81. The van der Waals surface area contributed by atoms with Gasteiger partial charge < -0.3 is 20.1 Å². The molecular formula is C16H26N2O3. The van der Waals surface area contributed by atoms with Gasteiger partial charge in [0, 0.05) is 26.7 Å². The molecule has 0 saturated heterocycles. The van der Waals surface area contributed by atoms with Gasteiger partial charge in [-0.15, -0.1) is 0 Å². The molecule has 0 aliphatic rings. The Hall–Kier alpha value is -1.59. The molecule has 0 fully saturated rings. The van der Waals surface area contributed by atoms with Crippen molar-refractivity contribution in [3.8, 4) is 5.75 Å². The molecule has 0 saturated carbocycles. The highest BCUT2D eigenvalue weighted by Gasteiger charge is 2.02. The number of carbonyl (C=O) groups excluding carboxylic acids is 1. The van der Waals surface area contributed by atoms with Crippen LogP contribution in [0.2, 0.25) is 0 Å². The molecule has 2 N–H and O–H groups in total. The second-order valence-corrected chi connectivity index (χ2v) is 4.81. The summed E-state index contributed by atoms with van der Waals surface area (Å²) >= 11 is 0. The molecule has 0 aromatic heterocycles. The summed E-state index contributed by atoms with van der Waals surface area (Å²) in [5, 5.41) is 6.10. The number of amides is 1. The van der Waals surface area contributed by atoms with E-state index in [-0.39, 0.29) is 12.5 Å². The van der Waals surface area contributed by atoms with Crippen LogP contribution in [0, 0.1) is 0 Å². The third-order valence-corrected chi connectivity index (χ3v) is 2.93. The first-order chi connectivity index (χ1) is 10.3. The molecule has 1 aromatic rings. The topological polar surface area (TPSA) is 59.6 Å². The molecule has 0 unspecified atom stereocenters. The van der Waals surface area contributed by atoms with Crippen LogP contribution >= 0.6 is 0 Å². The summed E-state index contributed by atoms with van der Waals surface area (Å²) in [6, 6.07) is 7.75. The Morgan fingerprint density at radius 3 is 2.90 bits per heavy atom. The van der Waals surface area contributed by atoms with Crippen molar-refractivity contribution in [1.29, 1.82) is 0 Å². The van der Waals surface area contributed by atoms with Gasteiger partial charge in [-0.25, -0.2) is 0 Å². The Kier molecular flexibility index (Phi) is 9.24. The highest BCUT2D eigenvalue weighted by Crippen LogP contribution is 2.13. The number of carbonyl (C=O) groups is 1. The second kappa shape index (κ2) is 11.1. The number of rotatable bonds is 11. The molecule has 1 rings (SSSR count). The summed E-state index contributed by atoms with van der Waals surface area (Å²) in [7, 11) is 1.68. The van der Waals surface area contributed by atoms with Gasteiger partial charge in [-0.05, 0) is 24.1 Å². The zero-order chi connectivity index (χ0) is 15.3. The van der Waals surface area contributed by atoms with Crippen LogP contribution in [0.5, 0.6) is 5.75 Å². The lowest BCUT2D eigenvalue weighted by Gasteiger charge is -2.09. The van der Waals surface area contributed by atoms with Crippen molar-refractivity contribution < 1.29 is 14.3 Å². The van der Waals surface area contributed by atoms with E-state index >= 15 is 0 Å². The summed E-state index contributed by atoms with van der Waals surface area (Å²) in [4.78, 5) is 11.6. The highest BCUT2D eigenvalue weighted by molar-refractivity contribution is 5.77. The van der Waals surface area contributed by atoms with Crippen LogP contribution in [0.25, 0.3) is 0 Å². The maximum Gasteiger partial charge on any atom is 0.257 e. The van der Waals surface area contributed by atoms with Gasteiger partial charge in [0.05, 0.1) is 6.61 Å². The minimum absolute atomic E-state index is 0.0598. The molecule has 0 bridgehead atoms. The lowest BCUT2D eigenvalue weighted by atomic mass is 10.2. The van der Waals surface area contributed by atoms with E-state index in [9.17, 15) is 4.79 Å². The van der Waals surface area contributed by atoms with Crippen LogP contribution in [0.4, 0.5) is 0 Å². The molecule has 5 nitrogen and oxygen atoms in total. The molecule has 0 aliphatic carbocycles. The quantitative estimate of drug-likeness (QED) is 0.610. The number of methoxy groups -OCH3 is 1. The van der Waals surface area contributed by atoms with E-state index in [0.29, 0.717) is 18.9 Å². The van der Waals surface area contributed by atoms with Crippen LogP contribution in [0.3, 0.4) is 0 Å². The van der Waals surface area contributed by atoms with Gasteiger partial charge >= 0.3 is 0 Å². The van der Waals surface area contributed by atoms with E-state index in [0.717, 1.165) is 31.5 Å². The lowest BCUT2D eigenvalue weighted by molar-refractivity contribution is -0.123. The summed E-state index contributed by atoms with van der Waals surface area (Å²) in [6.07, 6.45) is 2.06. The summed E-state index contributed by atoms with van der Waals surface area (Å²) < 4.78 is 10.5. The fourth-order valence-corrected chi connectivity index (χ4v) is 1.76. The monoisotopic (exact) mass is 294 g/mol. The fourth-order valence-electron chi connectivity index (χ4n) is 1.76. The first-order valence-corrected chi connectivity index (χ1v) is 7.44. The number of unbranched alkanes of at least 4 members (excludes halogenated alkanes) is 1. The van der Waals surface area contributed by atoms with E-state index in [1.807, 2.05) is 24.3 Å². The van der Waals surface area contributed by atoms with Crippen LogP contribution in [-0.4, -0.2) is 39.3 Å². The molecule has 0 spiro atoms. The van der Waals surface area contributed by atoms with Crippen molar-refractivity contribution in [2.24, 2.45) is 0 Å². The SMILES string of the molecule is CCCCNC(=O)COc1cccc(CNCCOC)c1. The molecule has 0 aliphatic heterocycles. The predicted octanol–water partition coefficient (Wildman–Crippen LogP) is 1.72. The number of hydrogen-bond acceptors (Lipinski definition) is 4. The maximum atomic E-state index is 11.6. The Labute approximate surface area is 127 Å². The molecule has 0 atom stereocenters. The highest BCUT2D eigenvalue weighted by atomic mass is 16.5. The summed E-state index contributed by atoms with van der Waals surface area (Å²) in [5.41, 5.74) is 1.12. The van der Waals surface area contributed by atoms with E-state index in [2.05, 4.69) is 17.6 Å². The summed E-state index contributed by atoms with van der Waals surface area (Å²) in [5.74, 6) is 0.638. The van der Waals surface area contributed by atoms with E-state index in [1.54, 1.807) is 7.11 Å². The lowest BCUT2D eigenvalue weighted by Crippen LogP contribution is -2.29. The number of hydrogen-bond donors (Lipinski definition) is 2. The first kappa shape index (κ1) is 17.5. The van der Waals surface area contributed by atoms with Crippen molar-refractivity contribution in [3.63, 3.8) is 0 Å².